The van der Waals surface area contributed by atoms with Crippen LogP contribution in [0, 0.1) is 22.5 Å². The molecule has 0 N–H and O–H groups in total. The standard InChI is InChI=1S/C17H23N3O4/c1-12-13(6-5-7-14(12)20(23)24)15(21)18-8-10-19(11-9-18)16(22)17(2,3)4/h5-7H,8-11H2,1-4H3. The minimum atomic E-state index is -0.480. The Hall–Kier alpha value is -2.44. The maximum Gasteiger partial charge on any atom is 0.273 e. The number of nitrogens with zero attached hydrogens (tertiary/aromatic N) is 3. The third-order valence-electron chi connectivity index (χ3n) is 4.23. The Balaban J connectivity index is 2.10. The van der Waals surface area contributed by atoms with Crippen molar-refractivity contribution in [2.24, 2.45) is 5.41 Å². The van der Waals surface area contributed by atoms with Gasteiger partial charge >= 0.3 is 0 Å². The molecule has 1 aromatic carbocycles. The first kappa shape index (κ1) is 17.9. The van der Waals surface area contributed by atoms with E-state index in [1.807, 2.05) is 20.8 Å². The number of piperazine rings is 1. The predicted molar refractivity (Wildman–Crippen MR) is 89.8 cm³/mol. The molecule has 1 fully saturated rings. The van der Waals surface area contributed by atoms with Gasteiger partial charge in [0.1, 0.15) is 0 Å². The lowest BCUT2D eigenvalue weighted by molar-refractivity contribution is -0.385. The van der Waals surface area contributed by atoms with Crippen LogP contribution < -0.4 is 0 Å². The summed E-state index contributed by atoms with van der Waals surface area (Å²) in [5.41, 5.74) is 0.228. The summed E-state index contributed by atoms with van der Waals surface area (Å²) in [6, 6.07) is 4.53. The van der Waals surface area contributed by atoms with E-state index in [2.05, 4.69) is 0 Å². The Morgan fingerprint density at radius 1 is 1.08 bits per heavy atom. The fourth-order valence-corrected chi connectivity index (χ4v) is 2.81. The summed E-state index contributed by atoms with van der Waals surface area (Å²) in [7, 11) is 0. The maximum atomic E-state index is 12.7. The van der Waals surface area contributed by atoms with E-state index < -0.39 is 10.3 Å². The average Bonchev–Trinajstić information content (AvgIpc) is 2.52. The van der Waals surface area contributed by atoms with Crippen LogP contribution in [-0.4, -0.2) is 52.7 Å². The lowest BCUT2D eigenvalue weighted by Gasteiger charge is -2.37. The molecule has 24 heavy (non-hydrogen) atoms. The van der Waals surface area contributed by atoms with E-state index in [9.17, 15) is 19.7 Å². The number of amides is 2. The molecule has 0 spiro atoms. The van der Waals surface area contributed by atoms with Crippen LogP contribution in [0.1, 0.15) is 36.7 Å². The molecule has 7 heteroatoms. The van der Waals surface area contributed by atoms with Gasteiger partial charge in [-0.05, 0) is 13.0 Å². The molecule has 1 aromatic rings. The first-order valence-corrected chi connectivity index (χ1v) is 7.95. The van der Waals surface area contributed by atoms with E-state index in [0.717, 1.165) is 0 Å². The van der Waals surface area contributed by atoms with Crippen molar-refractivity contribution in [2.45, 2.75) is 27.7 Å². The van der Waals surface area contributed by atoms with Gasteiger partial charge in [-0.2, -0.15) is 0 Å². The second-order valence-electron chi connectivity index (χ2n) is 7.04. The van der Waals surface area contributed by atoms with E-state index in [1.165, 1.54) is 12.1 Å². The highest BCUT2D eigenvalue weighted by atomic mass is 16.6. The summed E-state index contributed by atoms with van der Waals surface area (Å²) in [6.45, 7) is 9.04. The lowest BCUT2D eigenvalue weighted by atomic mass is 9.94. The number of benzene rings is 1. The molecule has 7 nitrogen and oxygen atoms in total. The van der Waals surface area contributed by atoms with Crippen LogP contribution in [0.2, 0.25) is 0 Å². The highest BCUT2D eigenvalue weighted by Crippen LogP contribution is 2.23. The van der Waals surface area contributed by atoms with Crippen LogP contribution in [0.25, 0.3) is 0 Å². The van der Waals surface area contributed by atoms with E-state index in [1.54, 1.807) is 22.8 Å². The molecule has 2 amide bonds. The molecule has 0 aromatic heterocycles. The van der Waals surface area contributed by atoms with Gasteiger partial charge in [-0.25, -0.2) is 0 Å². The summed E-state index contributed by atoms with van der Waals surface area (Å²) in [6.07, 6.45) is 0. The van der Waals surface area contributed by atoms with Crippen molar-refractivity contribution in [3.8, 4) is 0 Å². The van der Waals surface area contributed by atoms with Gasteiger partial charge in [-0.15, -0.1) is 0 Å². The average molecular weight is 333 g/mol. The molecule has 1 aliphatic heterocycles. The van der Waals surface area contributed by atoms with Crippen LogP contribution >= 0.6 is 0 Å². The monoisotopic (exact) mass is 333 g/mol. The number of hydrogen-bond acceptors (Lipinski definition) is 4. The first-order valence-electron chi connectivity index (χ1n) is 7.95. The highest BCUT2D eigenvalue weighted by Gasteiger charge is 2.31. The van der Waals surface area contributed by atoms with Gasteiger partial charge in [-0.3, -0.25) is 19.7 Å². The van der Waals surface area contributed by atoms with Crippen molar-refractivity contribution in [2.75, 3.05) is 26.2 Å². The second-order valence-corrected chi connectivity index (χ2v) is 7.04. The van der Waals surface area contributed by atoms with Crippen molar-refractivity contribution in [1.82, 2.24) is 9.80 Å². The number of nitro benzene ring substituents is 1. The summed E-state index contributed by atoms with van der Waals surface area (Å²) in [5.74, 6) is -0.153. The largest absolute Gasteiger partial charge is 0.339 e. The molecule has 130 valence electrons. The molecule has 0 unspecified atom stereocenters. The Morgan fingerprint density at radius 2 is 1.62 bits per heavy atom. The number of rotatable bonds is 2. The fourth-order valence-electron chi connectivity index (χ4n) is 2.81. The molecule has 0 aliphatic carbocycles. The molecule has 1 saturated heterocycles. The maximum absolute atomic E-state index is 12.7. The van der Waals surface area contributed by atoms with Crippen molar-refractivity contribution in [3.05, 3.63) is 39.4 Å². The van der Waals surface area contributed by atoms with Crippen molar-refractivity contribution < 1.29 is 14.5 Å². The van der Waals surface area contributed by atoms with Gasteiger partial charge in [0.25, 0.3) is 11.6 Å². The van der Waals surface area contributed by atoms with Gasteiger partial charge in [0.05, 0.1) is 4.92 Å². The number of carbonyl (C=O) groups is 2. The Morgan fingerprint density at radius 3 is 2.12 bits per heavy atom. The second kappa shape index (κ2) is 6.59. The Labute approximate surface area is 141 Å². The molecule has 1 aliphatic rings. The summed E-state index contributed by atoms with van der Waals surface area (Å²) in [4.78, 5) is 38.9. The van der Waals surface area contributed by atoms with Crippen LogP contribution in [-0.2, 0) is 4.79 Å². The predicted octanol–water partition coefficient (Wildman–Crippen LogP) is 2.23. The quantitative estimate of drug-likeness (QED) is 0.614. The Bertz CT molecular complexity index is 671. The number of carbonyl (C=O) groups excluding carboxylic acids is 2. The van der Waals surface area contributed by atoms with E-state index >= 15 is 0 Å². The van der Waals surface area contributed by atoms with Gasteiger partial charge in [0.2, 0.25) is 5.91 Å². The Kier molecular flexibility index (Phi) is 4.91. The number of hydrogen-bond donors (Lipinski definition) is 0. The SMILES string of the molecule is Cc1c(C(=O)N2CCN(C(=O)C(C)(C)C)CC2)cccc1[N+](=O)[O-]. The van der Waals surface area contributed by atoms with E-state index in [-0.39, 0.29) is 17.5 Å². The summed E-state index contributed by atoms with van der Waals surface area (Å²) in [5, 5.41) is 11.0. The zero-order valence-corrected chi connectivity index (χ0v) is 14.5. The molecule has 0 atom stereocenters. The van der Waals surface area contributed by atoms with E-state index in [4.69, 9.17) is 0 Å². The third kappa shape index (κ3) is 3.55. The van der Waals surface area contributed by atoms with Crippen LogP contribution in [0.4, 0.5) is 5.69 Å². The molecule has 1 heterocycles. The zero-order valence-electron chi connectivity index (χ0n) is 14.5. The van der Waals surface area contributed by atoms with E-state index in [0.29, 0.717) is 37.3 Å². The van der Waals surface area contributed by atoms with Gasteiger partial charge in [0, 0.05) is 48.8 Å². The molecule has 0 saturated carbocycles. The topological polar surface area (TPSA) is 83.8 Å². The van der Waals surface area contributed by atoms with Crippen molar-refractivity contribution in [3.63, 3.8) is 0 Å². The third-order valence-corrected chi connectivity index (χ3v) is 4.23. The first-order chi connectivity index (χ1) is 11.1. The molecule has 2 rings (SSSR count). The molecular formula is C17H23N3O4. The van der Waals surface area contributed by atoms with Crippen molar-refractivity contribution >= 4 is 17.5 Å². The molecular weight excluding hydrogens is 310 g/mol. The zero-order chi connectivity index (χ0) is 18.1. The van der Waals surface area contributed by atoms with Gasteiger partial charge in [-0.1, -0.05) is 26.8 Å². The summed E-state index contributed by atoms with van der Waals surface area (Å²) < 4.78 is 0. The fraction of sp³-hybridized carbons (Fsp3) is 0.529. The molecule has 0 bridgehead atoms. The summed E-state index contributed by atoms with van der Waals surface area (Å²) >= 11 is 0. The smallest absolute Gasteiger partial charge is 0.273 e. The minimum absolute atomic E-state index is 0.0533. The van der Waals surface area contributed by atoms with Crippen LogP contribution in [0.5, 0.6) is 0 Å². The van der Waals surface area contributed by atoms with Gasteiger partial charge in [0.15, 0.2) is 0 Å². The lowest BCUT2D eigenvalue weighted by Crippen LogP contribution is -2.53. The highest BCUT2D eigenvalue weighted by molar-refractivity contribution is 5.96. The van der Waals surface area contributed by atoms with Crippen LogP contribution in [0.15, 0.2) is 18.2 Å². The molecule has 0 radical (unpaired) electrons. The van der Waals surface area contributed by atoms with Gasteiger partial charge < -0.3 is 9.80 Å². The van der Waals surface area contributed by atoms with Crippen LogP contribution in [0.3, 0.4) is 0 Å². The van der Waals surface area contributed by atoms with Crippen molar-refractivity contribution in [1.29, 1.82) is 0 Å². The number of nitro groups is 1. The minimum Gasteiger partial charge on any atom is -0.339 e. The normalized spacial score (nSPS) is 15.3.